The van der Waals surface area contributed by atoms with Crippen LogP contribution in [0.5, 0.6) is 0 Å². The van der Waals surface area contributed by atoms with Crippen molar-refractivity contribution in [1.82, 2.24) is 20.0 Å². The average Bonchev–Trinajstić information content (AvgIpc) is 3.38. The number of ether oxygens (including phenoxy) is 1. The van der Waals surface area contributed by atoms with Gasteiger partial charge in [0.1, 0.15) is 0 Å². The van der Waals surface area contributed by atoms with Crippen LogP contribution in [0.4, 0.5) is 0 Å². The predicted molar refractivity (Wildman–Crippen MR) is 111 cm³/mol. The number of morpholine rings is 1. The molecule has 2 aliphatic carbocycles. The number of rotatable bonds is 6. The van der Waals surface area contributed by atoms with Crippen molar-refractivity contribution in [2.24, 2.45) is 17.8 Å². The molecule has 5 unspecified atom stereocenters. The fraction of sp³-hybridized carbons (Fsp3) is 0.909. The Balaban J connectivity index is 1.18. The first-order chi connectivity index (χ1) is 14.0. The van der Waals surface area contributed by atoms with Crippen LogP contribution in [-0.2, 0) is 14.3 Å². The van der Waals surface area contributed by atoms with Crippen molar-refractivity contribution in [3.05, 3.63) is 0 Å². The molecule has 0 aromatic heterocycles. The Morgan fingerprint density at radius 2 is 1.72 bits per heavy atom. The van der Waals surface area contributed by atoms with E-state index in [1.54, 1.807) is 0 Å². The molecular weight excluding hydrogens is 368 g/mol. The van der Waals surface area contributed by atoms with Gasteiger partial charge < -0.3 is 15.0 Å². The van der Waals surface area contributed by atoms with Gasteiger partial charge in [-0.2, -0.15) is 0 Å². The van der Waals surface area contributed by atoms with E-state index in [4.69, 9.17) is 4.74 Å². The summed E-state index contributed by atoms with van der Waals surface area (Å²) in [5, 5.41) is 3.32. The zero-order chi connectivity index (χ0) is 20.4. The van der Waals surface area contributed by atoms with Gasteiger partial charge >= 0.3 is 0 Å². The highest BCUT2D eigenvalue weighted by atomic mass is 16.5. The summed E-state index contributed by atoms with van der Waals surface area (Å²) in [6.07, 6.45) is 5.44. The van der Waals surface area contributed by atoms with Crippen LogP contribution in [0.1, 0.15) is 39.5 Å². The van der Waals surface area contributed by atoms with Gasteiger partial charge in [-0.3, -0.25) is 19.4 Å². The fourth-order valence-corrected chi connectivity index (χ4v) is 5.94. The predicted octanol–water partition coefficient (Wildman–Crippen LogP) is 0.792. The zero-order valence-electron chi connectivity index (χ0n) is 18.1. The summed E-state index contributed by atoms with van der Waals surface area (Å²) in [7, 11) is 0. The molecule has 2 heterocycles. The Morgan fingerprint density at radius 3 is 2.34 bits per heavy atom. The molecule has 2 aliphatic heterocycles. The first-order valence-corrected chi connectivity index (χ1v) is 11.6. The highest BCUT2D eigenvalue weighted by Crippen LogP contribution is 2.49. The van der Waals surface area contributed by atoms with Crippen molar-refractivity contribution < 1.29 is 14.3 Å². The minimum Gasteiger partial charge on any atom is -0.378 e. The molecule has 0 aromatic rings. The molecule has 7 nitrogen and oxygen atoms in total. The number of carbonyl (C=O) groups excluding carboxylic acids is 2. The molecule has 2 saturated heterocycles. The van der Waals surface area contributed by atoms with E-state index in [1.165, 1.54) is 25.7 Å². The number of hydrogen-bond donors (Lipinski definition) is 1. The summed E-state index contributed by atoms with van der Waals surface area (Å²) >= 11 is 0. The molecule has 7 heteroatoms. The quantitative estimate of drug-likeness (QED) is 0.707. The number of piperazine rings is 1. The number of fused-ring (bicyclic) bond motifs is 2. The van der Waals surface area contributed by atoms with Gasteiger partial charge in [0, 0.05) is 45.3 Å². The lowest BCUT2D eigenvalue weighted by Gasteiger charge is -2.38. The number of hydrogen-bond acceptors (Lipinski definition) is 5. The third-order valence-electron chi connectivity index (χ3n) is 7.86. The van der Waals surface area contributed by atoms with Gasteiger partial charge in [0.05, 0.1) is 25.8 Å². The van der Waals surface area contributed by atoms with E-state index in [-0.39, 0.29) is 23.9 Å². The van der Waals surface area contributed by atoms with Crippen LogP contribution in [0.15, 0.2) is 0 Å². The molecule has 5 atom stereocenters. The van der Waals surface area contributed by atoms with Gasteiger partial charge in [-0.25, -0.2) is 0 Å². The van der Waals surface area contributed by atoms with Gasteiger partial charge in [-0.15, -0.1) is 0 Å². The molecule has 4 rings (SSSR count). The molecule has 4 fully saturated rings. The molecule has 4 aliphatic rings. The number of carbonyl (C=O) groups is 2. The van der Waals surface area contributed by atoms with Crippen molar-refractivity contribution in [3.8, 4) is 0 Å². The maximum absolute atomic E-state index is 12.8. The Morgan fingerprint density at radius 1 is 1.00 bits per heavy atom. The van der Waals surface area contributed by atoms with Gasteiger partial charge in [0.15, 0.2) is 0 Å². The van der Waals surface area contributed by atoms with E-state index in [0.717, 1.165) is 38.0 Å². The van der Waals surface area contributed by atoms with Crippen molar-refractivity contribution in [2.75, 3.05) is 59.0 Å². The van der Waals surface area contributed by atoms with Crippen LogP contribution in [0.2, 0.25) is 0 Å². The fourth-order valence-electron chi connectivity index (χ4n) is 5.94. The molecule has 0 spiro atoms. The standard InChI is InChI=1S/C22H38N4O3/c1-16(20-14-18-3-4-19(20)13-18)23-22(28)17(2)25-7-5-24(6-8-25)15-21(27)26-9-11-29-12-10-26/h16-20H,3-15H2,1-2H3,(H,23,28). The Hall–Kier alpha value is -1.18. The highest BCUT2D eigenvalue weighted by molar-refractivity contribution is 5.81. The van der Waals surface area contributed by atoms with Gasteiger partial charge in [-0.1, -0.05) is 6.42 Å². The van der Waals surface area contributed by atoms with Gasteiger partial charge in [0.25, 0.3) is 0 Å². The monoisotopic (exact) mass is 406 g/mol. The highest BCUT2D eigenvalue weighted by Gasteiger charge is 2.42. The average molecular weight is 407 g/mol. The summed E-state index contributed by atoms with van der Waals surface area (Å²) < 4.78 is 5.32. The number of nitrogens with zero attached hydrogens (tertiary/aromatic N) is 3. The minimum atomic E-state index is -0.104. The molecule has 1 N–H and O–H groups in total. The lowest BCUT2D eigenvalue weighted by molar-refractivity contribution is -0.137. The van der Waals surface area contributed by atoms with Crippen LogP contribution in [0, 0.1) is 17.8 Å². The van der Waals surface area contributed by atoms with Crippen LogP contribution >= 0.6 is 0 Å². The Bertz CT molecular complexity index is 587. The van der Waals surface area contributed by atoms with Gasteiger partial charge in [0.2, 0.25) is 11.8 Å². The van der Waals surface area contributed by atoms with E-state index >= 15 is 0 Å². The summed E-state index contributed by atoms with van der Waals surface area (Å²) in [6, 6.07) is 0.181. The number of amides is 2. The van der Waals surface area contributed by atoms with Crippen LogP contribution in [-0.4, -0.2) is 97.6 Å². The first kappa shape index (κ1) is 21.1. The SMILES string of the molecule is CC(NC(=O)C(C)N1CCN(CC(=O)N2CCOCC2)CC1)C1CC2CCC1C2. The summed E-state index contributed by atoms with van der Waals surface area (Å²) in [6.45, 7) is 10.8. The van der Waals surface area contributed by atoms with E-state index in [0.29, 0.717) is 38.8 Å². The molecule has 29 heavy (non-hydrogen) atoms. The van der Waals surface area contributed by atoms with E-state index < -0.39 is 0 Å². The zero-order valence-corrected chi connectivity index (χ0v) is 18.1. The van der Waals surface area contributed by atoms with Crippen molar-refractivity contribution >= 4 is 11.8 Å². The van der Waals surface area contributed by atoms with E-state index in [9.17, 15) is 9.59 Å². The van der Waals surface area contributed by atoms with Gasteiger partial charge in [-0.05, 0) is 50.9 Å². The summed E-state index contributed by atoms with van der Waals surface area (Å²) in [5.74, 6) is 2.78. The van der Waals surface area contributed by atoms with Crippen LogP contribution in [0.3, 0.4) is 0 Å². The molecule has 2 bridgehead atoms. The molecule has 164 valence electrons. The molecule has 2 amide bonds. The Kier molecular flexibility index (Phi) is 6.76. The smallest absolute Gasteiger partial charge is 0.237 e. The first-order valence-electron chi connectivity index (χ1n) is 11.6. The molecule has 0 radical (unpaired) electrons. The maximum Gasteiger partial charge on any atom is 0.237 e. The van der Waals surface area contributed by atoms with E-state index in [2.05, 4.69) is 22.0 Å². The lowest BCUT2D eigenvalue weighted by atomic mass is 9.84. The third kappa shape index (κ3) is 4.94. The second-order valence-electron chi connectivity index (χ2n) is 9.62. The van der Waals surface area contributed by atoms with E-state index in [1.807, 2.05) is 11.8 Å². The largest absolute Gasteiger partial charge is 0.378 e. The maximum atomic E-state index is 12.8. The van der Waals surface area contributed by atoms with Crippen molar-refractivity contribution in [1.29, 1.82) is 0 Å². The summed E-state index contributed by atoms with van der Waals surface area (Å²) in [4.78, 5) is 31.7. The van der Waals surface area contributed by atoms with Crippen LogP contribution in [0.25, 0.3) is 0 Å². The molecule has 0 aromatic carbocycles. The minimum absolute atomic E-state index is 0.104. The molecule has 2 saturated carbocycles. The second kappa shape index (κ2) is 9.31. The molecular formula is C22H38N4O3. The van der Waals surface area contributed by atoms with Crippen molar-refractivity contribution in [3.63, 3.8) is 0 Å². The van der Waals surface area contributed by atoms with Crippen LogP contribution < -0.4 is 5.32 Å². The summed E-state index contributed by atoms with van der Waals surface area (Å²) in [5.41, 5.74) is 0. The topological polar surface area (TPSA) is 65.1 Å². The second-order valence-corrected chi connectivity index (χ2v) is 9.62. The lowest BCUT2D eigenvalue weighted by Crippen LogP contribution is -2.56. The third-order valence-corrected chi connectivity index (χ3v) is 7.86. The number of nitrogens with one attached hydrogen (secondary N) is 1. The normalized spacial score (nSPS) is 32.9. The van der Waals surface area contributed by atoms with Crippen molar-refractivity contribution in [2.45, 2.75) is 51.6 Å². The Labute approximate surface area is 175 Å².